The zero-order valence-corrected chi connectivity index (χ0v) is 13.6. The summed E-state index contributed by atoms with van der Waals surface area (Å²) in [6.45, 7) is 0. The van der Waals surface area contributed by atoms with Gasteiger partial charge in [-0.05, 0) is 56.1 Å². The number of carbonyl (C=O) groups excluding carboxylic acids is 1. The van der Waals surface area contributed by atoms with Crippen LogP contribution in [0.2, 0.25) is 9.36 Å². The molecule has 2 aromatic rings. The Hall–Kier alpha value is 0.130. The highest BCUT2D eigenvalue weighted by Gasteiger charge is 2.16. The van der Waals surface area contributed by atoms with Crippen molar-refractivity contribution in [3.05, 3.63) is 53.0 Å². The molecule has 0 atom stereocenters. The second kappa shape index (κ2) is 5.41. The van der Waals surface area contributed by atoms with Crippen LogP contribution in [0.15, 0.2) is 33.2 Å². The maximum atomic E-state index is 12.2. The standard InChI is InChI=1S/C11H4Br2Cl2OS/c12-7-3-5(14)1-2-6(7)10(16)9-4-8(13)11(15)17-9/h1-4H. The van der Waals surface area contributed by atoms with Crippen LogP contribution in [0.25, 0.3) is 0 Å². The van der Waals surface area contributed by atoms with Gasteiger partial charge in [-0.15, -0.1) is 11.3 Å². The summed E-state index contributed by atoms with van der Waals surface area (Å²) in [6, 6.07) is 6.79. The molecule has 1 heterocycles. The number of benzene rings is 1. The van der Waals surface area contributed by atoms with Crippen LogP contribution in [0, 0.1) is 0 Å². The first-order valence-electron chi connectivity index (χ1n) is 4.43. The van der Waals surface area contributed by atoms with Crippen molar-refractivity contribution in [3.8, 4) is 0 Å². The fraction of sp³-hybridized carbons (Fsp3) is 0. The third-order valence-electron chi connectivity index (χ3n) is 2.04. The van der Waals surface area contributed by atoms with Gasteiger partial charge in [-0.1, -0.05) is 23.2 Å². The monoisotopic (exact) mass is 412 g/mol. The van der Waals surface area contributed by atoms with E-state index in [-0.39, 0.29) is 5.78 Å². The zero-order chi connectivity index (χ0) is 12.6. The van der Waals surface area contributed by atoms with E-state index in [1.165, 1.54) is 11.3 Å². The molecule has 0 N–H and O–H groups in total. The van der Waals surface area contributed by atoms with Gasteiger partial charge in [0.25, 0.3) is 0 Å². The van der Waals surface area contributed by atoms with Crippen LogP contribution in [0.5, 0.6) is 0 Å². The molecule has 0 bridgehead atoms. The molecule has 0 saturated heterocycles. The fourth-order valence-corrected chi connectivity index (χ4v) is 3.78. The van der Waals surface area contributed by atoms with E-state index in [1.54, 1.807) is 24.3 Å². The summed E-state index contributed by atoms with van der Waals surface area (Å²) in [5.41, 5.74) is 0.569. The number of halogens is 4. The van der Waals surface area contributed by atoms with Crippen molar-refractivity contribution in [2.24, 2.45) is 0 Å². The Morgan fingerprint density at radius 1 is 1.12 bits per heavy atom. The molecule has 1 aromatic heterocycles. The van der Waals surface area contributed by atoms with Gasteiger partial charge in [0.15, 0.2) is 0 Å². The Balaban J connectivity index is 2.43. The van der Waals surface area contributed by atoms with E-state index >= 15 is 0 Å². The Morgan fingerprint density at radius 2 is 1.82 bits per heavy atom. The molecule has 0 unspecified atom stereocenters. The van der Waals surface area contributed by atoms with E-state index in [1.807, 2.05) is 0 Å². The maximum Gasteiger partial charge on any atom is 0.204 e. The average molecular weight is 415 g/mol. The molecule has 6 heteroatoms. The second-order valence-electron chi connectivity index (χ2n) is 3.19. The first kappa shape index (κ1) is 13.6. The smallest absolute Gasteiger partial charge is 0.204 e. The van der Waals surface area contributed by atoms with Crippen molar-refractivity contribution in [3.63, 3.8) is 0 Å². The molecule has 0 radical (unpaired) electrons. The van der Waals surface area contributed by atoms with Crippen LogP contribution in [-0.4, -0.2) is 5.78 Å². The quantitative estimate of drug-likeness (QED) is 0.566. The van der Waals surface area contributed by atoms with Crippen LogP contribution in [-0.2, 0) is 0 Å². The Labute approximate surface area is 129 Å². The number of ketones is 1. The molecule has 0 aliphatic carbocycles. The van der Waals surface area contributed by atoms with Gasteiger partial charge >= 0.3 is 0 Å². The molecule has 0 saturated carbocycles. The molecule has 0 fully saturated rings. The van der Waals surface area contributed by atoms with Gasteiger partial charge in [-0.2, -0.15) is 0 Å². The summed E-state index contributed by atoms with van der Waals surface area (Å²) in [5.74, 6) is -0.0776. The summed E-state index contributed by atoms with van der Waals surface area (Å²) in [6.07, 6.45) is 0. The van der Waals surface area contributed by atoms with Crippen molar-refractivity contribution < 1.29 is 4.79 Å². The van der Waals surface area contributed by atoms with Gasteiger partial charge < -0.3 is 0 Å². The molecule has 2 rings (SSSR count). The summed E-state index contributed by atoms with van der Waals surface area (Å²) in [5, 5.41) is 0.582. The van der Waals surface area contributed by atoms with Crippen LogP contribution in [0.3, 0.4) is 0 Å². The molecule has 17 heavy (non-hydrogen) atoms. The van der Waals surface area contributed by atoms with Crippen LogP contribution in [0.1, 0.15) is 15.2 Å². The van der Waals surface area contributed by atoms with E-state index < -0.39 is 0 Å². The second-order valence-corrected chi connectivity index (χ2v) is 6.98. The molecule has 0 spiro atoms. The zero-order valence-electron chi connectivity index (χ0n) is 8.14. The lowest BCUT2D eigenvalue weighted by Gasteiger charge is -2.01. The predicted octanol–water partition coefficient (Wildman–Crippen LogP) is 5.81. The van der Waals surface area contributed by atoms with Crippen molar-refractivity contribution in [2.45, 2.75) is 0 Å². The van der Waals surface area contributed by atoms with Crippen molar-refractivity contribution in [2.75, 3.05) is 0 Å². The van der Waals surface area contributed by atoms with Gasteiger partial charge in [0.1, 0.15) is 4.34 Å². The van der Waals surface area contributed by atoms with Crippen molar-refractivity contribution in [1.29, 1.82) is 0 Å². The molecule has 88 valence electrons. The highest BCUT2D eigenvalue weighted by molar-refractivity contribution is 9.11. The molecule has 1 nitrogen and oxygen atoms in total. The Morgan fingerprint density at radius 3 is 2.35 bits per heavy atom. The lowest BCUT2D eigenvalue weighted by Crippen LogP contribution is -1.99. The third kappa shape index (κ3) is 2.93. The minimum atomic E-state index is -0.0776. The van der Waals surface area contributed by atoms with Gasteiger partial charge in [-0.25, -0.2) is 0 Å². The Kier molecular flexibility index (Phi) is 4.31. The van der Waals surface area contributed by atoms with Crippen molar-refractivity contribution >= 4 is 72.2 Å². The molecule has 0 aliphatic rings. The largest absolute Gasteiger partial charge is 0.288 e. The van der Waals surface area contributed by atoms with E-state index in [9.17, 15) is 4.79 Å². The lowest BCUT2D eigenvalue weighted by molar-refractivity contribution is 0.104. The minimum absolute atomic E-state index is 0.0776. The maximum absolute atomic E-state index is 12.2. The molecular formula is C11H4Br2Cl2OS. The van der Waals surface area contributed by atoms with Gasteiger partial charge in [-0.3, -0.25) is 4.79 Å². The third-order valence-corrected chi connectivity index (χ3v) is 5.41. The molecule has 0 aliphatic heterocycles. The van der Waals surface area contributed by atoms with Crippen LogP contribution < -0.4 is 0 Å². The SMILES string of the molecule is O=C(c1cc(Br)c(Cl)s1)c1ccc(Cl)cc1Br. The van der Waals surface area contributed by atoms with Gasteiger partial charge in [0.05, 0.1) is 4.88 Å². The number of hydrogen-bond donors (Lipinski definition) is 0. The summed E-state index contributed by atoms with van der Waals surface area (Å²) in [4.78, 5) is 12.8. The number of hydrogen-bond acceptors (Lipinski definition) is 2. The van der Waals surface area contributed by atoms with Crippen LogP contribution in [0.4, 0.5) is 0 Å². The minimum Gasteiger partial charge on any atom is -0.288 e. The fourth-order valence-electron chi connectivity index (χ4n) is 1.26. The summed E-state index contributed by atoms with van der Waals surface area (Å²) < 4.78 is 1.98. The number of rotatable bonds is 2. The van der Waals surface area contributed by atoms with E-state index in [0.717, 1.165) is 4.47 Å². The topological polar surface area (TPSA) is 17.1 Å². The van der Waals surface area contributed by atoms with Crippen molar-refractivity contribution in [1.82, 2.24) is 0 Å². The van der Waals surface area contributed by atoms with Gasteiger partial charge in [0.2, 0.25) is 5.78 Å². The average Bonchev–Trinajstić information content (AvgIpc) is 2.58. The number of thiophene rings is 1. The molecular weight excluding hydrogens is 411 g/mol. The first-order valence-corrected chi connectivity index (χ1v) is 7.59. The molecule has 0 amide bonds. The van der Waals surface area contributed by atoms with Gasteiger partial charge in [0, 0.05) is 19.5 Å². The van der Waals surface area contributed by atoms with E-state index in [2.05, 4.69) is 31.9 Å². The summed E-state index contributed by atoms with van der Waals surface area (Å²) in [7, 11) is 0. The first-order chi connectivity index (χ1) is 7.99. The normalized spacial score (nSPS) is 10.6. The molecule has 1 aromatic carbocycles. The Bertz CT molecular complexity index is 576. The summed E-state index contributed by atoms with van der Waals surface area (Å²) >= 11 is 19.6. The predicted molar refractivity (Wildman–Crippen MR) is 79.6 cm³/mol. The highest BCUT2D eigenvalue weighted by atomic mass is 79.9. The lowest BCUT2D eigenvalue weighted by atomic mass is 10.1. The number of carbonyl (C=O) groups is 1. The van der Waals surface area contributed by atoms with Crippen LogP contribution >= 0.6 is 66.4 Å². The van der Waals surface area contributed by atoms with E-state index in [4.69, 9.17) is 23.2 Å². The highest BCUT2D eigenvalue weighted by Crippen LogP contribution is 2.34. The van der Waals surface area contributed by atoms with E-state index in [0.29, 0.717) is 24.3 Å².